The van der Waals surface area contributed by atoms with Crippen LogP contribution in [-0.2, 0) is 17.8 Å². The van der Waals surface area contributed by atoms with Crippen LogP contribution in [0.15, 0.2) is 71.3 Å². The maximum absolute atomic E-state index is 13.2. The van der Waals surface area contributed by atoms with Crippen molar-refractivity contribution in [2.75, 3.05) is 10.7 Å². The van der Waals surface area contributed by atoms with Gasteiger partial charge in [0, 0.05) is 17.3 Å². The van der Waals surface area contributed by atoms with Crippen molar-refractivity contribution in [1.82, 2.24) is 4.90 Å². The number of benzene rings is 2. The number of para-hydroxylation sites is 1. The molecule has 2 atom stereocenters. The Hall–Kier alpha value is -2.99. The Labute approximate surface area is 179 Å². The highest BCUT2D eigenvalue weighted by Crippen LogP contribution is 2.40. The number of rotatable bonds is 4. The smallest absolute Gasteiger partial charge is 0.258 e. The summed E-state index contributed by atoms with van der Waals surface area (Å²) in [4.78, 5) is 29.3. The van der Waals surface area contributed by atoms with Crippen LogP contribution in [-0.4, -0.2) is 28.5 Å². The van der Waals surface area contributed by atoms with Gasteiger partial charge in [-0.25, -0.2) is 0 Å². The van der Waals surface area contributed by atoms with Crippen LogP contribution in [0.1, 0.15) is 39.5 Å². The molecule has 0 aliphatic carbocycles. The molecule has 0 unspecified atom stereocenters. The number of amides is 2. The Morgan fingerprint density at radius 1 is 1.10 bits per heavy atom. The van der Waals surface area contributed by atoms with Gasteiger partial charge in [-0.15, -0.1) is 11.8 Å². The predicted octanol–water partition coefficient (Wildman–Crippen LogP) is 4.65. The molecular formula is C24H22N2O3S. The fraction of sp³-hybridized carbons (Fsp3) is 0.250. The molecule has 5 rings (SSSR count). The lowest BCUT2D eigenvalue weighted by molar-refractivity contribution is -0.128. The van der Waals surface area contributed by atoms with E-state index in [0.29, 0.717) is 17.9 Å². The van der Waals surface area contributed by atoms with Crippen LogP contribution in [0.3, 0.4) is 0 Å². The summed E-state index contributed by atoms with van der Waals surface area (Å²) < 4.78 is 5.42. The molecule has 1 saturated heterocycles. The molecular weight excluding hydrogens is 396 g/mol. The molecule has 3 heterocycles. The number of carbonyl (C=O) groups is 2. The van der Waals surface area contributed by atoms with Crippen molar-refractivity contribution in [2.45, 2.75) is 31.3 Å². The van der Waals surface area contributed by atoms with E-state index in [-0.39, 0.29) is 23.2 Å². The van der Waals surface area contributed by atoms with E-state index in [0.717, 1.165) is 23.4 Å². The third-order valence-electron chi connectivity index (χ3n) is 5.74. The highest BCUT2D eigenvalue weighted by molar-refractivity contribution is 8.00. The Morgan fingerprint density at radius 2 is 1.90 bits per heavy atom. The summed E-state index contributed by atoms with van der Waals surface area (Å²) >= 11 is 1.60. The molecule has 1 fully saturated rings. The zero-order valence-electron chi connectivity index (χ0n) is 16.7. The van der Waals surface area contributed by atoms with Crippen molar-refractivity contribution < 1.29 is 14.0 Å². The number of furan rings is 1. The molecule has 3 aromatic rings. The van der Waals surface area contributed by atoms with Crippen LogP contribution in [0.2, 0.25) is 0 Å². The monoisotopic (exact) mass is 418 g/mol. The summed E-state index contributed by atoms with van der Waals surface area (Å²) in [5.74, 6) is 1.34. The van der Waals surface area contributed by atoms with Gasteiger partial charge in [0.2, 0.25) is 5.91 Å². The minimum absolute atomic E-state index is 0.0154. The van der Waals surface area contributed by atoms with Gasteiger partial charge in [-0.05, 0) is 54.8 Å². The number of anilines is 1. The van der Waals surface area contributed by atoms with Gasteiger partial charge in [-0.1, -0.05) is 30.3 Å². The zero-order chi connectivity index (χ0) is 20.7. The fourth-order valence-corrected chi connectivity index (χ4v) is 5.46. The molecule has 30 heavy (non-hydrogen) atoms. The Morgan fingerprint density at radius 3 is 2.67 bits per heavy atom. The van der Waals surface area contributed by atoms with E-state index in [1.54, 1.807) is 18.0 Å². The molecule has 0 spiro atoms. The third kappa shape index (κ3) is 3.31. The van der Waals surface area contributed by atoms with E-state index in [4.69, 9.17) is 4.42 Å². The van der Waals surface area contributed by atoms with Crippen LogP contribution < -0.4 is 4.90 Å². The van der Waals surface area contributed by atoms with Crippen LogP contribution in [0, 0.1) is 0 Å². The Balaban J connectivity index is 1.37. The fourth-order valence-electron chi connectivity index (χ4n) is 4.28. The van der Waals surface area contributed by atoms with E-state index in [1.807, 2.05) is 64.4 Å². The number of fused-ring (bicyclic) bond motifs is 1. The summed E-state index contributed by atoms with van der Waals surface area (Å²) in [6.45, 7) is 2.53. The van der Waals surface area contributed by atoms with Gasteiger partial charge in [0.05, 0.1) is 18.6 Å². The molecule has 2 aliphatic heterocycles. The highest BCUT2D eigenvalue weighted by Gasteiger charge is 2.34. The summed E-state index contributed by atoms with van der Waals surface area (Å²) in [7, 11) is 0. The van der Waals surface area contributed by atoms with Gasteiger partial charge in [0.1, 0.15) is 11.1 Å². The molecule has 1 aromatic heterocycles. The van der Waals surface area contributed by atoms with Crippen molar-refractivity contribution in [2.24, 2.45) is 0 Å². The first-order chi connectivity index (χ1) is 14.6. The Bertz CT molecular complexity index is 1080. The molecule has 0 saturated carbocycles. The lowest BCUT2D eigenvalue weighted by Gasteiger charge is -2.25. The molecule has 5 nitrogen and oxygen atoms in total. The molecule has 152 valence electrons. The van der Waals surface area contributed by atoms with Crippen molar-refractivity contribution >= 4 is 29.3 Å². The van der Waals surface area contributed by atoms with Gasteiger partial charge in [-0.3, -0.25) is 9.59 Å². The van der Waals surface area contributed by atoms with E-state index in [9.17, 15) is 9.59 Å². The highest BCUT2D eigenvalue weighted by atomic mass is 32.2. The second-order valence-corrected chi connectivity index (χ2v) is 8.81. The van der Waals surface area contributed by atoms with Gasteiger partial charge in [0.25, 0.3) is 5.91 Å². The van der Waals surface area contributed by atoms with Gasteiger partial charge >= 0.3 is 0 Å². The second kappa shape index (κ2) is 7.69. The molecule has 2 amide bonds. The number of nitrogens with zero attached hydrogens (tertiary/aromatic N) is 2. The summed E-state index contributed by atoms with van der Waals surface area (Å²) in [6, 6.07) is 19.6. The first-order valence-electron chi connectivity index (χ1n) is 10.1. The average Bonchev–Trinajstić information content (AvgIpc) is 3.47. The minimum atomic E-state index is -0.0711. The number of hydrogen-bond acceptors (Lipinski definition) is 4. The second-order valence-electron chi connectivity index (χ2n) is 7.74. The molecule has 0 bridgehead atoms. The molecule has 0 N–H and O–H groups in total. The standard InChI is InChI=1S/C24H22N2O3S/c1-16-13-19-5-2-3-7-21(19)26(16)23(28)17-8-10-18(11-9-17)24-25(22(27)15-30-24)14-20-6-4-12-29-20/h2-12,16,24H,13-15H2,1H3/t16-,24-/m0/s1. The number of thioether (sulfide) groups is 1. The normalized spacial score (nSPS) is 20.6. The number of carbonyl (C=O) groups excluding carboxylic acids is 2. The zero-order valence-corrected chi connectivity index (χ0v) is 17.5. The van der Waals surface area contributed by atoms with Crippen molar-refractivity contribution in [3.63, 3.8) is 0 Å². The van der Waals surface area contributed by atoms with Gasteiger partial charge in [-0.2, -0.15) is 0 Å². The van der Waals surface area contributed by atoms with Crippen molar-refractivity contribution in [3.05, 3.63) is 89.4 Å². The van der Waals surface area contributed by atoms with Crippen LogP contribution in [0.25, 0.3) is 0 Å². The number of hydrogen-bond donors (Lipinski definition) is 0. The predicted molar refractivity (Wildman–Crippen MR) is 117 cm³/mol. The SMILES string of the molecule is C[C@H]1Cc2ccccc2N1C(=O)c1ccc([C@@H]2SCC(=O)N2Cc2ccco2)cc1. The van der Waals surface area contributed by atoms with Crippen molar-refractivity contribution in [1.29, 1.82) is 0 Å². The molecule has 0 radical (unpaired) electrons. The molecule has 6 heteroatoms. The topological polar surface area (TPSA) is 53.8 Å². The largest absolute Gasteiger partial charge is 0.467 e. The van der Waals surface area contributed by atoms with Crippen LogP contribution in [0.4, 0.5) is 5.69 Å². The quantitative estimate of drug-likeness (QED) is 0.619. The minimum Gasteiger partial charge on any atom is -0.467 e. The van der Waals surface area contributed by atoms with E-state index in [2.05, 4.69) is 13.0 Å². The summed E-state index contributed by atoms with van der Waals surface area (Å²) in [5, 5.41) is -0.0711. The lowest BCUT2D eigenvalue weighted by atomic mass is 10.1. The molecule has 2 aliphatic rings. The summed E-state index contributed by atoms with van der Waals surface area (Å²) in [5.41, 5.74) is 3.89. The average molecular weight is 419 g/mol. The van der Waals surface area contributed by atoms with Gasteiger partial charge < -0.3 is 14.2 Å². The van der Waals surface area contributed by atoms with Crippen LogP contribution >= 0.6 is 11.8 Å². The first kappa shape index (κ1) is 19.0. The maximum Gasteiger partial charge on any atom is 0.258 e. The molecule has 2 aromatic carbocycles. The van der Waals surface area contributed by atoms with E-state index >= 15 is 0 Å². The third-order valence-corrected chi connectivity index (χ3v) is 7.00. The van der Waals surface area contributed by atoms with E-state index < -0.39 is 0 Å². The lowest BCUT2D eigenvalue weighted by Crippen LogP contribution is -2.35. The Kier molecular flexibility index (Phi) is 4.87. The first-order valence-corrected chi connectivity index (χ1v) is 11.1. The summed E-state index contributed by atoms with van der Waals surface area (Å²) in [6.07, 6.45) is 2.50. The van der Waals surface area contributed by atoms with Crippen molar-refractivity contribution in [3.8, 4) is 0 Å². The van der Waals surface area contributed by atoms with Crippen LogP contribution in [0.5, 0.6) is 0 Å². The maximum atomic E-state index is 13.2. The van der Waals surface area contributed by atoms with Gasteiger partial charge in [0.15, 0.2) is 0 Å². The van der Waals surface area contributed by atoms with E-state index in [1.165, 1.54) is 5.56 Å².